The number of aromatic hydroxyl groups is 1. The predicted molar refractivity (Wildman–Crippen MR) is 95.9 cm³/mol. The molecule has 0 fully saturated rings. The Bertz CT molecular complexity index is 1060. The van der Waals surface area contributed by atoms with Crippen LogP contribution >= 0.6 is 0 Å². The number of halogens is 3. The van der Waals surface area contributed by atoms with Crippen molar-refractivity contribution in [2.24, 2.45) is 5.18 Å². The smallest absolute Gasteiger partial charge is 0.416 e. The Morgan fingerprint density at radius 1 is 1.22 bits per heavy atom. The normalized spacial score (nSPS) is 15.1. The molecular formula is C19H16F3N3O2. The van der Waals surface area contributed by atoms with Crippen LogP contribution in [-0.2, 0) is 19.1 Å². The molecule has 4 rings (SSSR count). The van der Waals surface area contributed by atoms with E-state index < -0.39 is 11.7 Å². The molecule has 0 aliphatic carbocycles. The quantitative estimate of drug-likeness (QED) is 0.623. The van der Waals surface area contributed by atoms with E-state index >= 15 is 0 Å². The van der Waals surface area contributed by atoms with E-state index in [0.29, 0.717) is 35.0 Å². The van der Waals surface area contributed by atoms with Crippen LogP contribution in [-0.4, -0.2) is 28.6 Å². The first kappa shape index (κ1) is 17.5. The van der Waals surface area contributed by atoms with E-state index in [-0.39, 0.29) is 11.6 Å². The molecule has 0 unspecified atom stereocenters. The highest BCUT2D eigenvalue weighted by atomic mass is 19.4. The van der Waals surface area contributed by atoms with Crippen molar-refractivity contribution in [3.8, 4) is 17.0 Å². The van der Waals surface area contributed by atoms with Crippen molar-refractivity contribution in [3.05, 3.63) is 51.9 Å². The standard InChI is InChI=1S/C19H16F3N3O2/c1-25-6-5-12-13(10-3-2-4-11(7-10)19(20,21)22)8-14-16(15(12)9-25)23-18(26)17(14)24-27/h2-4,7-8,23,26H,5-6,9H2,1H3. The SMILES string of the molecule is CN1CCc2c(-c3cccc(C(F)(F)F)c3)cc3c(N=O)c(O)[nH]c3c2C1. The third-order valence-corrected chi connectivity index (χ3v) is 5.04. The van der Waals surface area contributed by atoms with Crippen LogP contribution in [0.1, 0.15) is 16.7 Å². The van der Waals surface area contributed by atoms with Crippen LogP contribution in [0.5, 0.6) is 5.88 Å². The Labute approximate surface area is 152 Å². The molecule has 3 aromatic rings. The highest BCUT2D eigenvalue weighted by molar-refractivity contribution is 6.00. The van der Waals surface area contributed by atoms with Gasteiger partial charge in [-0.3, -0.25) is 0 Å². The first-order chi connectivity index (χ1) is 12.8. The number of aromatic nitrogens is 1. The molecule has 0 atom stereocenters. The molecule has 27 heavy (non-hydrogen) atoms. The van der Waals surface area contributed by atoms with Crippen LogP contribution in [0.4, 0.5) is 18.9 Å². The summed E-state index contributed by atoms with van der Waals surface area (Å²) in [6.45, 7) is 1.31. The molecule has 2 aromatic carbocycles. The summed E-state index contributed by atoms with van der Waals surface area (Å²) in [6.07, 6.45) is -3.79. The summed E-state index contributed by atoms with van der Waals surface area (Å²) >= 11 is 0. The number of aromatic amines is 1. The molecular weight excluding hydrogens is 359 g/mol. The van der Waals surface area contributed by atoms with Gasteiger partial charge in [0.25, 0.3) is 0 Å². The minimum Gasteiger partial charge on any atom is -0.493 e. The fourth-order valence-corrected chi connectivity index (χ4v) is 3.74. The Kier molecular flexibility index (Phi) is 3.96. The third-order valence-electron chi connectivity index (χ3n) is 5.04. The minimum atomic E-state index is -4.44. The number of likely N-dealkylation sites (N-methyl/N-ethyl adjacent to an activating group) is 1. The molecule has 2 heterocycles. The first-order valence-electron chi connectivity index (χ1n) is 8.38. The summed E-state index contributed by atoms with van der Waals surface area (Å²) in [4.78, 5) is 16.0. The Hall–Kier alpha value is -2.87. The molecule has 8 heteroatoms. The van der Waals surface area contributed by atoms with Crippen LogP contribution in [0.25, 0.3) is 22.0 Å². The molecule has 0 saturated heterocycles. The van der Waals surface area contributed by atoms with Gasteiger partial charge in [-0.1, -0.05) is 12.1 Å². The van der Waals surface area contributed by atoms with Gasteiger partial charge in [0.15, 0.2) is 5.69 Å². The Balaban J connectivity index is 2.02. The molecule has 140 valence electrons. The van der Waals surface area contributed by atoms with Gasteiger partial charge in [-0.2, -0.15) is 13.2 Å². The number of nitrogens with one attached hydrogen (secondary N) is 1. The topological polar surface area (TPSA) is 68.7 Å². The number of rotatable bonds is 2. The molecule has 0 amide bonds. The zero-order valence-electron chi connectivity index (χ0n) is 14.4. The van der Waals surface area contributed by atoms with Gasteiger partial charge < -0.3 is 15.0 Å². The first-order valence-corrected chi connectivity index (χ1v) is 8.38. The zero-order chi connectivity index (χ0) is 19.3. The van der Waals surface area contributed by atoms with Gasteiger partial charge in [-0.15, -0.1) is 4.91 Å². The lowest BCUT2D eigenvalue weighted by molar-refractivity contribution is -0.137. The van der Waals surface area contributed by atoms with Crippen molar-refractivity contribution in [2.75, 3.05) is 13.6 Å². The second-order valence-corrected chi connectivity index (χ2v) is 6.78. The lowest BCUT2D eigenvalue weighted by atomic mass is 9.88. The lowest BCUT2D eigenvalue weighted by Gasteiger charge is -2.27. The van der Waals surface area contributed by atoms with E-state index in [4.69, 9.17) is 0 Å². The monoisotopic (exact) mass is 375 g/mol. The van der Waals surface area contributed by atoms with Crippen molar-refractivity contribution >= 4 is 16.6 Å². The van der Waals surface area contributed by atoms with Crippen LogP contribution in [0.2, 0.25) is 0 Å². The Morgan fingerprint density at radius 2 is 2.00 bits per heavy atom. The minimum absolute atomic E-state index is 0.130. The molecule has 1 aliphatic heterocycles. The second-order valence-electron chi connectivity index (χ2n) is 6.78. The molecule has 0 saturated carbocycles. The fraction of sp³-hybridized carbons (Fsp3) is 0.263. The third kappa shape index (κ3) is 2.86. The summed E-state index contributed by atoms with van der Waals surface area (Å²) in [5, 5.41) is 13.3. The van der Waals surface area contributed by atoms with E-state index in [1.54, 1.807) is 12.1 Å². The van der Waals surface area contributed by atoms with Crippen LogP contribution < -0.4 is 0 Å². The number of nitrogens with zero attached hydrogens (tertiary/aromatic N) is 2. The van der Waals surface area contributed by atoms with E-state index in [1.165, 1.54) is 6.07 Å². The number of nitroso groups, excluding NO2 is 1. The van der Waals surface area contributed by atoms with Gasteiger partial charge in [0.1, 0.15) is 0 Å². The summed E-state index contributed by atoms with van der Waals surface area (Å²) in [5.74, 6) is -0.336. The van der Waals surface area contributed by atoms with E-state index in [2.05, 4.69) is 15.1 Å². The van der Waals surface area contributed by atoms with E-state index in [0.717, 1.165) is 29.8 Å². The Morgan fingerprint density at radius 3 is 2.70 bits per heavy atom. The molecule has 2 N–H and O–H groups in total. The van der Waals surface area contributed by atoms with Crippen molar-refractivity contribution in [2.45, 2.75) is 19.1 Å². The summed E-state index contributed by atoms with van der Waals surface area (Å²) in [6, 6.07) is 6.78. The van der Waals surface area contributed by atoms with E-state index in [9.17, 15) is 23.2 Å². The maximum atomic E-state index is 13.1. The highest BCUT2D eigenvalue weighted by Gasteiger charge is 2.31. The maximum Gasteiger partial charge on any atom is 0.416 e. The number of hydrogen-bond donors (Lipinski definition) is 2. The van der Waals surface area contributed by atoms with Gasteiger partial charge in [0, 0.05) is 18.5 Å². The summed E-state index contributed by atoms with van der Waals surface area (Å²) < 4.78 is 39.4. The summed E-state index contributed by atoms with van der Waals surface area (Å²) in [7, 11) is 1.94. The molecule has 5 nitrogen and oxygen atoms in total. The number of H-pyrrole nitrogens is 1. The van der Waals surface area contributed by atoms with E-state index in [1.807, 2.05) is 7.05 Å². The maximum absolute atomic E-state index is 13.1. The van der Waals surface area contributed by atoms with Crippen molar-refractivity contribution in [1.82, 2.24) is 9.88 Å². The predicted octanol–water partition coefficient (Wildman–Crippen LogP) is 4.95. The number of hydrogen-bond acceptors (Lipinski definition) is 4. The van der Waals surface area contributed by atoms with Gasteiger partial charge in [-0.05, 0) is 59.1 Å². The summed E-state index contributed by atoms with van der Waals surface area (Å²) in [5.41, 5.74) is 2.56. The van der Waals surface area contributed by atoms with Crippen molar-refractivity contribution in [1.29, 1.82) is 0 Å². The van der Waals surface area contributed by atoms with Gasteiger partial charge >= 0.3 is 6.18 Å². The van der Waals surface area contributed by atoms with Gasteiger partial charge in [0.2, 0.25) is 5.88 Å². The van der Waals surface area contributed by atoms with Crippen LogP contribution in [0, 0.1) is 4.91 Å². The fourth-order valence-electron chi connectivity index (χ4n) is 3.74. The van der Waals surface area contributed by atoms with Gasteiger partial charge in [-0.25, -0.2) is 0 Å². The number of fused-ring (bicyclic) bond motifs is 3. The highest BCUT2D eigenvalue weighted by Crippen LogP contribution is 2.43. The average Bonchev–Trinajstić information content (AvgIpc) is 2.95. The lowest BCUT2D eigenvalue weighted by Crippen LogP contribution is -2.27. The molecule has 1 aromatic heterocycles. The van der Waals surface area contributed by atoms with Crippen molar-refractivity contribution in [3.63, 3.8) is 0 Å². The molecule has 1 aliphatic rings. The van der Waals surface area contributed by atoms with Crippen LogP contribution in [0.3, 0.4) is 0 Å². The average molecular weight is 375 g/mol. The molecule has 0 bridgehead atoms. The molecule has 0 spiro atoms. The number of benzene rings is 2. The number of alkyl halides is 3. The van der Waals surface area contributed by atoms with Crippen molar-refractivity contribution < 1.29 is 18.3 Å². The van der Waals surface area contributed by atoms with Gasteiger partial charge in [0.05, 0.1) is 11.1 Å². The van der Waals surface area contributed by atoms with Crippen LogP contribution in [0.15, 0.2) is 35.5 Å². The zero-order valence-corrected chi connectivity index (χ0v) is 14.4. The molecule has 0 radical (unpaired) electrons. The largest absolute Gasteiger partial charge is 0.493 e. The second kappa shape index (κ2) is 6.09.